The van der Waals surface area contributed by atoms with E-state index in [4.69, 9.17) is 10.5 Å². The van der Waals surface area contributed by atoms with E-state index < -0.39 is 11.5 Å². The van der Waals surface area contributed by atoms with Crippen molar-refractivity contribution in [2.24, 2.45) is 19.1 Å². The van der Waals surface area contributed by atoms with Gasteiger partial charge in [-0.15, -0.1) is 0 Å². The van der Waals surface area contributed by atoms with E-state index >= 15 is 0 Å². The molecule has 1 aromatic rings. The number of hydrogen-bond donors (Lipinski definition) is 3. The van der Waals surface area contributed by atoms with E-state index in [9.17, 15) is 14.7 Å². The summed E-state index contributed by atoms with van der Waals surface area (Å²) < 4.78 is 2.31. The molecule has 0 saturated heterocycles. The average Bonchev–Trinajstić information content (AvgIpc) is 2.45. The van der Waals surface area contributed by atoms with Gasteiger partial charge in [0.15, 0.2) is 0 Å². The van der Waals surface area contributed by atoms with E-state index in [1.54, 1.807) is 0 Å². The topological polar surface area (TPSA) is 121 Å². The van der Waals surface area contributed by atoms with E-state index in [1.165, 1.54) is 24.9 Å². The van der Waals surface area contributed by atoms with E-state index in [0.717, 1.165) is 11.0 Å². The Morgan fingerprint density at radius 3 is 2.57 bits per heavy atom. The Balaban J connectivity index is 2.68. The lowest BCUT2D eigenvalue weighted by Crippen LogP contribution is -2.38. The molecule has 0 aromatic carbocycles. The minimum atomic E-state index is -0.810. The van der Waals surface area contributed by atoms with Gasteiger partial charge in [0.25, 0.3) is 5.56 Å². The number of unbranched alkanes of at least 4 members (excludes halogenated alkanes) is 2. The van der Waals surface area contributed by atoms with Crippen molar-refractivity contribution in [1.29, 1.82) is 5.41 Å². The quantitative estimate of drug-likeness (QED) is 0.483. The Hall–Kier alpha value is -2.38. The van der Waals surface area contributed by atoms with Gasteiger partial charge >= 0.3 is 5.97 Å². The van der Waals surface area contributed by atoms with Gasteiger partial charge in [-0.3, -0.25) is 29.1 Å². The normalized spacial score (nSPS) is 11.1. The summed E-state index contributed by atoms with van der Waals surface area (Å²) in [6.45, 7) is 0.453. The number of aromatic hydroxyl groups is 1. The van der Waals surface area contributed by atoms with Crippen LogP contribution in [0.1, 0.15) is 31.2 Å². The number of carbonyl (C=O) groups is 1. The van der Waals surface area contributed by atoms with Crippen molar-refractivity contribution in [2.45, 2.75) is 25.7 Å². The molecule has 0 spiro atoms. The van der Waals surface area contributed by atoms with Crippen molar-refractivity contribution in [3.05, 3.63) is 21.5 Å². The molecule has 8 heteroatoms. The summed E-state index contributed by atoms with van der Waals surface area (Å²) in [5.41, 5.74) is -0.546. The van der Waals surface area contributed by atoms with Crippen LogP contribution < -0.4 is 11.2 Å². The molecule has 0 aliphatic rings. The molecule has 116 valence electrons. The highest BCUT2D eigenvalue weighted by Crippen LogP contribution is 2.06. The molecule has 1 heterocycles. The van der Waals surface area contributed by atoms with Gasteiger partial charge in [0.1, 0.15) is 5.56 Å². The molecule has 21 heavy (non-hydrogen) atoms. The fourth-order valence-corrected chi connectivity index (χ4v) is 1.80. The fourth-order valence-electron chi connectivity index (χ4n) is 1.80. The fraction of sp³-hybridized carbons (Fsp3) is 0.538. The molecular weight excluding hydrogens is 276 g/mol. The molecule has 1 aromatic heterocycles. The van der Waals surface area contributed by atoms with Gasteiger partial charge in [-0.1, -0.05) is 6.42 Å². The lowest BCUT2D eigenvalue weighted by molar-refractivity contribution is -0.137. The van der Waals surface area contributed by atoms with Crippen molar-refractivity contribution >= 4 is 12.2 Å². The lowest BCUT2D eigenvalue weighted by atomic mass is 10.2. The van der Waals surface area contributed by atoms with E-state index in [0.29, 0.717) is 19.4 Å². The second-order valence-electron chi connectivity index (χ2n) is 4.72. The van der Waals surface area contributed by atoms with Crippen LogP contribution in [0.4, 0.5) is 0 Å². The first kappa shape index (κ1) is 16.7. The van der Waals surface area contributed by atoms with Crippen molar-refractivity contribution in [2.75, 3.05) is 6.54 Å². The number of aliphatic carboxylic acids is 1. The monoisotopic (exact) mass is 296 g/mol. The Kier molecular flexibility index (Phi) is 5.89. The Labute approximate surface area is 121 Å². The highest BCUT2D eigenvalue weighted by molar-refractivity contribution is 5.81. The first-order chi connectivity index (χ1) is 9.86. The number of carboxylic acids is 1. The number of carboxylic acid groups (broad SMARTS) is 1. The van der Waals surface area contributed by atoms with Crippen LogP contribution in [0.3, 0.4) is 0 Å². The molecular formula is C13H20N4O4. The smallest absolute Gasteiger partial charge is 0.303 e. The molecule has 0 atom stereocenters. The maximum absolute atomic E-state index is 11.9. The number of nitrogens with zero attached hydrogens (tertiary/aromatic N) is 3. The van der Waals surface area contributed by atoms with Gasteiger partial charge in [0, 0.05) is 33.3 Å². The summed E-state index contributed by atoms with van der Waals surface area (Å²) in [5.74, 6) is -1.10. The average molecular weight is 296 g/mol. The Morgan fingerprint density at radius 1 is 1.29 bits per heavy atom. The molecule has 0 radical (unpaired) electrons. The number of aliphatic imine (C=N–C) groups is 1. The third-order valence-corrected chi connectivity index (χ3v) is 3.13. The van der Waals surface area contributed by atoms with Gasteiger partial charge in [-0.05, 0) is 12.8 Å². The third-order valence-electron chi connectivity index (χ3n) is 3.13. The van der Waals surface area contributed by atoms with Crippen LogP contribution in [0.15, 0.2) is 9.79 Å². The Bertz CT molecular complexity index is 657. The van der Waals surface area contributed by atoms with Crippen molar-refractivity contribution in [1.82, 2.24) is 9.13 Å². The number of nitrogens with one attached hydrogen (secondary N) is 1. The highest BCUT2D eigenvalue weighted by atomic mass is 16.4. The minimum Gasteiger partial charge on any atom is -0.494 e. The van der Waals surface area contributed by atoms with Crippen LogP contribution in [-0.2, 0) is 18.9 Å². The second-order valence-corrected chi connectivity index (χ2v) is 4.72. The highest BCUT2D eigenvalue weighted by Gasteiger charge is 2.10. The molecule has 0 aliphatic heterocycles. The van der Waals surface area contributed by atoms with Crippen LogP contribution in [0, 0.1) is 5.41 Å². The van der Waals surface area contributed by atoms with Crippen LogP contribution in [-0.4, -0.2) is 38.1 Å². The first-order valence-corrected chi connectivity index (χ1v) is 6.61. The molecule has 3 N–H and O–H groups in total. The van der Waals surface area contributed by atoms with Crippen LogP contribution in [0.5, 0.6) is 5.88 Å². The SMILES string of the molecule is Cn1c(O)c(C=NCCCCCC(=O)O)c(=O)n(C)c1=N. The summed E-state index contributed by atoms with van der Waals surface area (Å²) in [5, 5.41) is 26.0. The lowest BCUT2D eigenvalue weighted by Gasteiger charge is -2.08. The zero-order chi connectivity index (χ0) is 16.0. The van der Waals surface area contributed by atoms with Crippen LogP contribution in [0.25, 0.3) is 0 Å². The number of aromatic nitrogens is 2. The van der Waals surface area contributed by atoms with Gasteiger partial charge in [-0.2, -0.15) is 0 Å². The molecule has 0 bridgehead atoms. The standard InChI is InChI=1S/C13H20N4O4/c1-16-11(20)9(12(21)17(2)13(16)14)8-15-7-5-3-4-6-10(18)19/h8,14,20H,3-7H2,1-2H3,(H,18,19). The Morgan fingerprint density at radius 2 is 1.95 bits per heavy atom. The number of hydrogen-bond acceptors (Lipinski definition) is 5. The van der Waals surface area contributed by atoms with Gasteiger partial charge < -0.3 is 10.2 Å². The summed E-state index contributed by atoms with van der Waals surface area (Å²) in [6.07, 6.45) is 3.50. The summed E-state index contributed by atoms with van der Waals surface area (Å²) in [6, 6.07) is 0. The maximum Gasteiger partial charge on any atom is 0.303 e. The van der Waals surface area contributed by atoms with E-state index in [1.807, 2.05) is 0 Å². The largest absolute Gasteiger partial charge is 0.494 e. The van der Waals surface area contributed by atoms with Gasteiger partial charge in [0.2, 0.25) is 11.5 Å². The van der Waals surface area contributed by atoms with Gasteiger partial charge in [-0.25, -0.2) is 0 Å². The molecule has 0 unspecified atom stereocenters. The minimum absolute atomic E-state index is 0.0431. The predicted molar refractivity (Wildman–Crippen MR) is 76.7 cm³/mol. The molecule has 0 saturated carbocycles. The number of rotatable bonds is 7. The van der Waals surface area contributed by atoms with Crippen molar-refractivity contribution in [3.8, 4) is 5.88 Å². The van der Waals surface area contributed by atoms with E-state index in [2.05, 4.69) is 4.99 Å². The molecule has 0 aliphatic carbocycles. The zero-order valence-corrected chi connectivity index (χ0v) is 12.2. The predicted octanol–water partition coefficient (Wildman–Crippen LogP) is -0.0272. The third kappa shape index (κ3) is 4.30. The zero-order valence-electron chi connectivity index (χ0n) is 12.2. The summed E-state index contributed by atoms with van der Waals surface area (Å²) in [4.78, 5) is 26.3. The van der Waals surface area contributed by atoms with E-state index in [-0.39, 0.29) is 23.5 Å². The second kappa shape index (κ2) is 7.41. The van der Waals surface area contributed by atoms with Crippen LogP contribution in [0.2, 0.25) is 0 Å². The van der Waals surface area contributed by atoms with Crippen LogP contribution >= 0.6 is 0 Å². The molecule has 0 amide bonds. The summed E-state index contributed by atoms with van der Waals surface area (Å²) in [7, 11) is 2.94. The van der Waals surface area contributed by atoms with Crippen molar-refractivity contribution < 1.29 is 15.0 Å². The summed E-state index contributed by atoms with van der Waals surface area (Å²) >= 11 is 0. The maximum atomic E-state index is 11.9. The van der Waals surface area contributed by atoms with Gasteiger partial charge in [0.05, 0.1) is 0 Å². The molecule has 0 fully saturated rings. The molecule has 1 rings (SSSR count). The van der Waals surface area contributed by atoms with Crippen molar-refractivity contribution in [3.63, 3.8) is 0 Å². The first-order valence-electron chi connectivity index (χ1n) is 6.61. The molecule has 8 nitrogen and oxygen atoms in total.